The Kier molecular flexibility index (Phi) is 5.30. The van der Waals surface area contributed by atoms with E-state index in [0.29, 0.717) is 17.0 Å². The maximum absolute atomic E-state index is 12.2. The Hall–Kier alpha value is -2.55. The van der Waals surface area contributed by atoms with Crippen LogP contribution in [0.25, 0.3) is 0 Å². The molecule has 1 rings (SSSR count). The molecule has 0 fully saturated rings. The van der Waals surface area contributed by atoms with Crippen LogP contribution in [0.15, 0.2) is 23.1 Å². The van der Waals surface area contributed by atoms with Gasteiger partial charge in [0.15, 0.2) is 0 Å². The highest BCUT2D eigenvalue weighted by Gasteiger charge is 2.19. The van der Waals surface area contributed by atoms with Crippen molar-refractivity contribution in [2.75, 3.05) is 12.0 Å². The Labute approximate surface area is 123 Å². The number of nitrogens with one attached hydrogen (secondary N) is 1. The molecule has 0 saturated carbocycles. The standard InChI is InChI=1S/C15H19N3O3/c1-6-21-15(20)11(4)12(5)17-18-10(3)7-9(2)13(8-16)14(18)19/h7,11,17H,5-6H2,1-4H3. The second kappa shape index (κ2) is 6.75. The third kappa shape index (κ3) is 3.51. The number of rotatable bonds is 5. The fourth-order valence-corrected chi connectivity index (χ4v) is 1.82. The lowest BCUT2D eigenvalue weighted by molar-refractivity contribution is -0.146. The molecule has 0 amide bonds. The van der Waals surface area contributed by atoms with Crippen LogP contribution >= 0.6 is 0 Å². The molecule has 0 spiro atoms. The number of ether oxygens (including phenoxy) is 1. The predicted octanol–water partition coefficient (Wildman–Crippen LogP) is 1.59. The summed E-state index contributed by atoms with van der Waals surface area (Å²) in [5, 5.41) is 9.03. The SMILES string of the molecule is C=C(Nn1c(C)cc(C)c(C#N)c1=O)C(C)C(=O)OCC. The first-order valence-corrected chi connectivity index (χ1v) is 6.59. The van der Waals surface area contributed by atoms with E-state index in [1.165, 1.54) is 4.68 Å². The van der Waals surface area contributed by atoms with Crippen LogP contribution in [0, 0.1) is 31.1 Å². The summed E-state index contributed by atoms with van der Waals surface area (Å²) in [4.78, 5) is 23.9. The Balaban J connectivity index is 3.10. The molecule has 0 radical (unpaired) electrons. The summed E-state index contributed by atoms with van der Waals surface area (Å²) in [5.74, 6) is -1.03. The Morgan fingerprint density at radius 3 is 2.71 bits per heavy atom. The second-order valence-corrected chi connectivity index (χ2v) is 4.71. The highest BCUT2D eigenvalue weighted by molar-refractivity contribution is 5.75. The second-order valence-electron chi connectivity index (χ2n) is 4.71. The van der Waals surface area contributed by atoms with E-state index in [0.717, 1.165) is 0 Å². The quantitative estimate of drug-likeness (QED) is 0.832. The van der Waals surface area contributed by atoms with Gasteiger partial charge in [-0.2, -0.15) is 5.26 Å². The molecule has 0 saturated heterocycles. The van der Waals surface area contributed by atoms with Gasteiger partial charge in [0, 0.05) is 11.4 Å². The van der Waals surface area contributed by atoms with E-state index in [2.05, 4.69) is 12.0 Å². The first-order chi connectivity index (χ1) is 9.83. The van der Waals surface area contributed by atoms with Crippen LogP contribution in [0.5, 0.6) is 0 Å². The predicted molar refractivity (Wildman–Crippen MR) is 79.2 cm³/mol. The van der Waals surface area contributed by atoms with Gasteiger partial charge in [-0.1, -0.05) is 6.58 Å². The van der Waals surface area contributed by atoms with Crippen molar-refractivity contribution in [3.05, 3.63) is 45.5 Å². The number of nitriles is 1. The van der Waals surface area contributed by atoms with E-state index in [-0.39, 0.29) is 12.2 Å². The van der Waals surface area contributed by atoms with E-state index in [1.807, 2.05) is 6.07 Å². The normalized spacial score (nSPS) is 11.4. The smallest absolute Gasteiger partial charge is 0.314 e. The number of pyridine rings is 1. The maximum atomic E-state index is 12.2. The fraction of sp³-hybridized carbons (Fsp3) is 0.400. The molecule has 6 nitrogen and oxygen atoms in total. The average Bonchev–Trinajstić information content (AvgIpc) is 2.42. The van der Waals surface area contributed by atoms with Crippen molar-refractivity contribution < 1.29 is 9.53 Å². The highest BCUT2D eigenvalue weighted by Crippen LogP contribution is 2.10. The summed E-state index contributed by atoms with van der Waals surface area (Å²) < 4.78 is 6.12. The third-order valence-electron chi connectivity index (χ3n) is 3.12. The van der Waals surface area contributed by atoms with Crippen LogP contribution in [0.3, 0.4) is 0 Å². The summed E-state index contributed by atoms with van der Waals surface area (Å²) in [5.41, 5.74) is 3.93. The first-order valence-electron chi connectivity index (χ1n) is 6.59. The minimum absolute atomic E-state index is 0.0599. The number of hydrogen-bond acceptors (Lipinski definition) is 5. The van der Waals surface area contributed by atoms with Crippen LogP contribution in [0.1, 0.15) is 30.7 Å². The Morgan fingerprint density at radius 1 is 1.57 bits per heavy atom. The number of esters is 1. The molecule has 0 aliphatic heterocycles. The van der Waals surface area contributed by atoms with E-state index in [4.69, 9.17) is 10.00 Å². The molecule has 112 valence electrons. The molecule has 0 aromatic carbocycles. The summed E-state index contributed by atoms with van der Waals surface area (Å²) in [7, 11) is 0. The van der Waals surface area contributed by atoms with Crippen LogP contribution in [0.2, 0.25) is 0 Å². The molecule has 21 heavy (non-hydrogen) atoms. The Morgan fingerprint density at radius 2 is 2.19 bits per heavy atom. The minimum Gasteiger partial charge on any atom is -0.465 e. The zero-order chi connectivity index (χ0) is 16.2. The van der Waals surface area contributed by atoms with Crippen molar-refractivity contribution in [2.45, 2.75) is 27.7 Å². The number of carbonyl (C=O) groups is 1. The van der Waals surface area contributed by atoms with Crippen LogP contribution in [0.4, 0.5) is 0 Å². The van der Waals surface area contributed by atoms with Crippen molar-refractivity contribution in [1.82, 2.24) is 4.68 Å². The lowest BCUT2D eigenvalue weighted by Crippen LogP contribution is -2.35. The zero-order valence-electron chi connectivity index (χ0n) is 12.7. The minimum atomic E-state index is -0.608. The molecule has 1 atom stereocenters. The summed E-state index contributed by atoms with van der Waals surface area (Å²) in [6, 6.07) is 3.60. The molecule has 1 aromatic rings. The van der Waals surface area contributed by atoms with E-state index < -0.39 is 17.4 Å². The van der Waals surface area contributed by atoms with Gasteiger partial charge in [-0.15, -0.1) is 0 Å². The molecular formula is C15H19N3O3. The van der Waals surface area contributed by atoms with Crippen molar-refractivity contribution in [1.29, 1.82) is 5.26 Å². The van der Waals surface area contributed by atoms with Gasteiger partial charge in [0.05, 0.1) is 12.5 Å². The Bertz CT molecular complexity index is 668. The van der Waals surface area contributed by atoms with E-state index in [9.17, 15) is 9.59 Å². The maximum Gasteiger partial charge on any atom is 0.314 e. The van der Waals surface area contributed by atoms with Crippen molar-refractivity contribution in [3.63, 3.8) is 0 Å². The van der Waals surface area contributed by atoms with Crippen LogP contribution < -0.4 is 11.0 Å². The lowest BCUT2D eigenvalue weighted by Gasteiger charge is -2.19. The van der Waals surface area contributed by atoms with Crippen LogP contribution in [-0.2, 0) is 9.53 Å². The largest absolute Gasteiger partial charge is 0.465 e. The topological polar surface area (TPSA) is 84.1 Å². The fourth-order valence-electron chi connectivity index (χ4n) is 1.82. The van der Waals surface area contributed by atoms with Crippen molar-refractivity contribution in [2.24, 2.45) is 5.92 Å². The number of carbonyl (C=O) groups excluding carboxylic acids is 1. The molecular weight excluding hydrogens is 270 g/mol. The molecule has 0 bridgehead atoms. The molecule has 1 unspecified atom stereocenters. The van der Waals surface area contributed by atoms with Gasteiger partial charge in [0.25, 0.3) is 5.56 Å². The third-order valence-corrected chi connectivity index (χ3v) is 3.12. The number of nitrogens with zero attached hydrogens (tertiary/aromatic N) is 2. The molecule has 6 heteroatoms. The average molecular weight is 289 g/mol. The highest BCUT2D eigenvalue weighted by atomic mass is 16.5. The molecule has 1 N–H and O–H groups in total. The summed E-state index contributed by atoms with van der Waals surface area (Å²) in [6.07, 6.45) is 0. The van der Waals surface area contributed by atoms with Crippen molar-refractivity contribution in [3.8, 4) is 6.07 Å². The zero-order valence-corrected chi connectivity index (χ0v) is 12.7. The van der Waals surface area contributed by atoms with Gasteiger partial charge in [-0.3, -0.25) is 15.0 Å². The monoisotopic (exact) mass is 289 g/mol. The van der Waals surface area contributed by atoms with E-state index >= 15 is 0 Å². The van der Waals surface area contributed by atoms with Gasteiger partial charge < -0.3 is 4.74 Å². The van der Waals surface area contributed by atoms with E-state index in [1.54, 1.807) is 33.8 Å². The van der Waals surface area contributed by atoms with Gasteiger partial charge in [-0.05, 0) is 39.3 Å². The number of hydrogen-bond donors (Lipinski definition) is 1. The molecule has 1 heterocycles. The van der Waals surface area contributed by atoms with Gasteiger partial charge >= 0.3 is 5.97 Å². The van der Waals surface area contributed by atoms with Gasteiger partial charge in [0.1, 0.15) is 11.6 Å². The first kappa shape index (κ1) is 16.5. The van der Waals surface area contributed by atoms with Gasteiger partial charge in [0.2, 0.25) is 0 Å². The molecule has 1 aromatic heterocycles. The summed E-state index contributed by atoms with van der Waals surface area (Å²) >= 11 is 0. The molecule has 0 aliphatic carbocycles. The summed E-state index contributed by atoms with van der Waals surface area (Å²) in [6.45, 7) is 10.8. The van der Waals surface area contributed by atoms with Gasteiger partial charge in [-0.25, -0.2) is 4.68 Å². The number of aromatic nitrogens is 1. The number of aryl methyl sites for hydroxylation is 2. The lowest BCUT2D eigenvalue weighted by atomic mass is 10.1. The van der Waals surface area contributed by atoms with Crippen molar-refractivity contribution >= 4 is 5.97 Å². The molecule has 0 aliphatic rings. The van der Waals surface area contributed by atoms with Crippen LogP contribution in [-0.4, -0.2) is 17.3 Å².